The number of benzene rings is 1. The molecule has 0 atom stereocenters. The van der Waals surface area contributed by atoms with Gasteiger partial charge in [0.05, 0.1) is 18.7 Å². The highest BCUT2D eigenvalue weighted by Crippen LogP contribution is 2.35. The molecule has 0 bridgehead atoms. The summed E-state index contributed by atoms with van der Waals surface area (Å²) in [5.74, 6) is 0.444. The maximum absolute atomic E-state index is 13.0. The van der Waals surface area contributed by atoms with E-state index < -0.39 is 11.7 Å². The van der Waals surface area contributed by atoms with Crippen LogP contribution in [0.1, 0.15) is 31.7 Å². The summed E-state index contributed by atoms with van der Waals surface area (Å²) in [5, 5.41) is 9.28. The summed E-state index contributed by atoms with van der Waals surface area (Å²) in [4.78, 5) is 18.1. The third-order valence-electron chi connectivity index (χ3n) is 4.94. The van der Waals surface area contributed by atoms with Gasteiger partial charge in [-0.15, -0.1) is 0 Å². The predicted octanol–water partition coefficient (Wildman–Crippen LogP) is 2.24. The van der Waals surface area contributed by atoms with Crippen molar-refractivity contribution in [2.24, 2.45) is 4.99 Å². The highest BCUT2D eigenvalue weighted by molar-refractivity contribution is 5.80. The van der Waals surface area contributed by atoms with Gasteiger partial charge in [-0.25, -0.2) is 0 Å². The van der Waals surface area contributed by atoms with Crippen molar-refractivity contribution in [2.45, 2.75) is 38.4 Å². The van der Waals surface area contributed by atoms with E-state index in [1.54, 1.807) is 7.05 Å². The van der Waals surface area contributed by atoms with E-state index in [1.807, 2.05) is 6.92 Å². The fourth-order valence-corrected chi connectivity index (χ4v) is 3.30. The smallest absolute Gasteiger partial charge is 0.419 e. The summed E-state index contributed by atoms with van der Waals surface area (Å²) in [5.41, 5.74) is -0.785. The van der Waals surface area contributed by atoms with Gasteiger partial charge in [0.15, 0.2) is 5.96 Å². The number of halogens is 3. The number of hydrogen-bond donors (Lipinski definition) is 3. The number of nitrogens with one attached hydrogen (secondary N) is 3. The Balaban J connectivity index is 1.69. The van der Waals surface area contributed by atoms with E-state index in [-0.39, 0.29) is 24.3 Å². The average Bonchev–Trinajstić information content (AvgIpc) is 2.75. The zero-order chi connectivity index (χ0) is 22.7. The number of ether oxygens (including phenoxy) is 1. The second-order valence-electron chi connectivity index (χ2n) is 7.39. The third kappa shape index (κ3) is 8.64. The molecule has 1 fully saturated rings. The number of nitrogens with zero attached hydrogens (tertiary/aromatic N) is 2. The minimum absolute atomic E-state index is 0.0535. The maximum atomic E-state index is 13.0. The molecule has 1 aromatic rings. The topological polar surface area (TPSA) is 78.0 Å². The molecule has 174 valence electrons. The zero-order valence-electron chi connectivity index (χ0n) is 18.1. The first-order chi connectivity index (χ1) is 14.8. The Labute approximate surface area is 181 Å². The summed E-state index contributed by atoms with van der Waals surface area (Å²) < 4.78 is 44.3. The van der Waals surface area contributed by atoms with Gasteiger partial charge in [0.25, 0.3) is 0 Å². The van der Waals surface area contributed by atoms with Crippen molar-refractivity contribution in [1.82, 2.24) is 20.9 Å². The summed E-state index contributed by atoms with van der Waals surface area (Å²) in [6.07, 6.45) is -1.79. The van der Waals surface area contributed by atoms with E-state index in [1.165, 1.54) is 18.2 Å². The monoisotopic (exact) mass is 443 g/mol. The number of amides is 1. The Hall–Kier alpha value is -2.49. The van der Waals surface area contributed by atoms with Crippen LogP contribution in [0.15, 0.2) is 29.3 Å². The van der Waals surface area contributed by atoms with E-state index >= 15 is 0 Å². The average molecular weight is 444 g/mol. The fraction of sp³-hybridized carbons (Fsp3) is 0.619. The number of rotatable bonds is 9. The van der Waals surface area contributed by atoms with E-state index in [0.717, 1.165) is 38.4 Å². The van der Waals surface area contributed by atoms with Crippen LogP contribution in [0.5, 0.6) is 5.75 Å². The van der Waals surface area contributed by atoms with Crippen molar-refractivity contribution in [1.29, 1.82) is 0 Å². The van der Waals surface area contributed by atoms with E-state index in [0.29, 0.717) is 25.6 Å². The molecule has 3 N–H and O–H groups in total. The van der Waals surface area contributed by atoms with Gasteiger partial charge in [-0.1, -0.05) is 19.1 Å². The van der Waals surface area contributed by atoms with Crippen LogP contribution in [0.3, 0.4) is 0 Å². The molecular weight excluding hydrogens is 411 g/mol. The summed E-state index contributed by atoms with van der Waals surface area (Å²) >= 11 is 0. The Morgan fingerprint density at radius 1 is 1.19 bits per heavy atom. The van der Waals surface area contributed by atoms with Gasteiger partial charge in [-0.3, -0.25) is 14.7 Å². The molecule has 31 heavy (non-hydrogen) atoms. The van der Waals surface area contributed by atoms with Crippen molar-refractivity contribution < 1.29 is 22.7 Å². The van der Waals surface area contributed by atoms with Gasteiger partial charge in [-0.2, -0.15) is 13.2 Å². The molecule has 0 saturated carbocycles. The van der Waals surface area contributed by atoms with Crippen LogP contribution in [0, 0.1) is 0 Å². The van der Waals surface area contributed by atoms with Crippen LogP contribution in [0.25, 0.3) is 0 Å². The molecule has 0 radical (unpaired) electrons. The second-order valence-corrected chi connectivity index (χ2v) is 7.39. The molecule has 1 saturated heterocycles. The predicted molar refractivity (Wildman–Crippen MR) is 114 cm³/mol. The van der Waals surface area contributed by atoms with E-state index in [4.69, 9.17) is 4.74 Å². The number of carbonyl (C=O) groups excluding carboxylic acids is 1. The lowest BCUT2D eigenvalue weighted by Gasteiger charge is -2.32. The number of likely N-dealkylation sites (tertiary alicyclic amines) is 1. The first-order valence-corrected chi connectivity index (χ1v) is 10.6. The summed E-state index contributed by atoms with van der Waals surface area (Å²) in [6, 6.07) is 5.38. The molecule has 0 spiro atoms. The van der Waals surface area contributed by atoms with E-state index in [9.17, 15) is 18.0 Å². The van der Waals surface area contributed by atoms with Gasteiger partial charge in [0, 0.05) is 32.7 Å². The Bertz CT molecular complexity index is 719. The number of para-hydroxylation sites is 1. The highest BCUT2D eigenvalue weighted by Gasteiger charge is 2.34. The van der Waals surface area contributed by atoms with Gasteiger partial charge in [0.1, 0.15) is 12.4 Å². The number of alkyl halides is 3. The molecular formula is C21H32F3N5O2. The van der Waals surface area contributed by atoms with Crippen LogP contribution >= 0.6 is 0 Å². The van der Waals surface area contributed by atoms with Crippen molar-refractivity contribution in [3.63, 3.8) is 0 Å². The van der Waals surface area contributed by atoms with Gasteiger partial charge in [0.2, 0.25) is 5.91 Å². The SMILES string of the molecule is CCCNC(=O)CN1CCC(NC(=NC)NCCOc2ccccc2C(F)(F)F)CC1. The Kier molecular flexibility index (Phi) is 9.90. The Morgan fingerprint density at radius 2 is 1.90 bits per heavy atom. The molecule has 7 nitrogen and oxygen atoms in total. The molecule has 1 aliphatic rings. The first kappa shape index (κ1) is 24.8. The van der Waals surface area contributed by atoms with Crippen LogP contribution < -0.4 is 20.7 Å². The largest absolute Gasteiger partial charge is 0.491 e. The van der Waals surface area contributed by atoms with E-state index in [2.05, 4.69) is 25.8 Å². The third-order valence-corrected chi connectivity index (χ3v) is 4.94. The fourth-order valence-electron chi connectivity index (χ4n) is 3.30. The Morgan fingerprint density at radius 3 is 2.55 bits per heavy atom. The molecule has 1 amide bonds. The van der Waals surface area contributed by atoms with Gasteiger partial charge in [-0.05, 0) is 31.4 Å². The minimum Gasteiger partial charge on any atom is -0.491 e. The van der Waals surface area contributed by atoms with Crippen LogP contribution in [-0.4, -0.2) is 69.2 Å². The number of guanidine groups is 1. The first-order valence-electron chi connectivity index (χ1n) is 10.6. The minimum atomic E-state index is -4.45. The van der Waals surface area contributed by atoms with Crippen molar-refractivity contribution >= 4 is 11.9 Å². The summed E-state index contributed by atoms with van der Waals surface area (Å²) in [6.45, 7) is 5.13. The number of hydrogen-bond acceptors (Lipinski definition) is 4. The van der Waals surface area contributed by atoms with Crippen molar-refractivity contribution in [2.75, 3.05) is 46.4 Å². The van der Waals surface area contributed by atoms with Gasteiger partial charge >= 0.3 is 6.18 Å². The molecule has 10 heteroatoms. The van der Waals surface area contributed by atoms with Crippen molar-refractivity contribution in [3.8, 4) is 5.75 Å². The number of aliphatic imine (C=N–C) groups is 1. The lowest BCUT2D eigenvalue weighted by atomic mass is 10.1. The standard InChI is InChI=1S/C21H32F3N5O2/c1-3-10-26-19(30)15-29-12-8-16(9-13-29)28-20(25-2)27-11-14-31-18-7-5-4-6-17(18)21(22,23)24/h4-7,16H,3,8-15H2,1-2H3,(H,26,30)(H2,25,27,28). The molecule has 2 rings (SSSR count). The zero-order valence-corrected chi connectivity index (χ0v) is 18.1. The van der Waals surface area contributed by atoms with Gasteiger partial charge < -0.3 is 20.7 Å². The molecule has 1 heterocycles. The van der Waals surface area contributed by atoms with Crippen LogP contribution in [-0.2, 0) is 11.0 Å². The normalized spacial score (nSPS) is 16.1. The lowest BCUT2D eigenvalue weighted by Crippen LogP contribution is -2.50. The van der Waals surface area contributed by atoms with Crippen LogP contribution in [0.2, 0.25) is 0 Å². The second kappa shape index (κ2) is 12.4. The maximum Gasteiger partial charge on any atom is 0.419 e. The highest BCUT2D eigenvalue weighted by atomic mass is 19.4. The number of piperidine rings is 1. The molecule has 0 aliphatic carbocycles. The molecule has 0 unspecified atom stereocenters. The van der Waals surface area contributed by atoms with Crippen molar-refractivity contribution in [3.05, 3.63) is 29.8 Å². The lowest BCUT2D eigenvalue weighted by molar-refractivity contribution is -0.139. The summed E-state index contributed by atoms with van der Waals surface area (Å²) in [7, 11) is 1.64. The molecule has 1 aromatic carbocycles. The quantitative estimate of drug-likeness (QED) is 0.310. The molecule has 0 aromatic heterocycles. The number of carbonyl (C=O) groups is 1. The molecule has 1 aliphatic heterocycles. The van der Waals surface area contributed by atoms with Crippen LogP contribution in [0.4, 0.5) is 13.2 Å².